The lowest BCUT2D eigenvalue weighted by atomic mass is 9.95. The van der Waals surface area contributed by atoms with Crippen molar-refractivity contribution < 1.29 is 4.79 Å². The van der Waals surface area contributed by atoms with Gasteiger partial charge in [0, 0.05) is 6.04 Å². The van der Waals surface area contributed by atoms with E-state index in [1.54, 1.807) is 18.2 Å². The number of fused-ring (bicyclic) bond motifs is 1. The molecule has 5 heteroatoms. The van der Waals surface area contributed by atoms with Crippen LogP contribution in [0.3, 0.4) is 0 Å². The maximum atomic E-state index is 12.3. The SMILES string of the molecule is O=C(NC1CCCCC1)c1cccc2[nH]c(=O)[nH]c12. The normalized spacial score (nSPS) is 16.6. The highest BCUT2D eigenvalue weighted by Gasteiger charge is 2.18. The van der Waals surface area contributed by atoms with E-state index >= 15 is 0 Å². The number of amides is 1. The Bertz CT molecular complexity index is 650. The number of aromatic amines is 2. The highest BCUT2D eigenvalue weighted by atomic mass is 16.2. The van der Waals surface area contributed by atoms with Gasteiger partial charge in [-0.1, -0.05) is 25.3 Å². The molecule has 1 aromatic carbocycles. The lowest BCUT2D eigenvalue weighted by molar-refractivity contribution is 0.0929. The minimum absolute atomic E-state index is 0.104. The van der Waals surface area contributed by atoms with Crippen molar-refractivity contribution in [2.75, 3.05) is 0 Å². The van der Waals surface area contributed by atoms with Gasteiger partial charge >= 0.3 is 5.69 Å². The van der Waals surface area contributed by atoms with Gasteiger partial charge < -0.3 is 15.3 Å². The second-order valence-corrected chi connectivity index (χ2v) is 5.12. The molecule has 100 valence electrons. The van der Waals surface area contributed by atoms with Crippen LogP contribution in [0.15, 0.2) is 23.0 Å². The molecule has 2 aromatic rings. The molecule has 0 radical (unpaired) electrons. The zero-order valence-corrected chi connectivity index (χ0v) is 10.7. The van der Waals surface area contributed by atoms with Crippen LogP contribution in [0, 0.1) is 0 Å². The van der Waals surface area contributed by atoms with E-state index in [1.807, 2.05) is 0 Å². The second kappa shape index (κ2) is 4.91. The van der Waals surface area contributed by atoms with E-state index in [4.69, 9.17) is 0 Å². The van der Waals surface area contributed by atoms with Crippen LogP contribution >= 0.6 is 0 Å². The van der Waals surface area contributed by atoms with E-state index in [-0.39, 0.29) is 17.6 Å². The fourth-order valence-electron chi connectivity index (χ4n) is 2.76. The number of rotatable bonds is 2. The third-order valence-corrected chi connectivity index (χ3v) is 3.74. The van der Waals surface area contributed by atoms with Gasteiger partial charge in [-0.15, -0.1) is 0 Å². The number of aromatic nitrogens is 2. The molecule has 0 saturated heterocycles. The molecule has 0 bridgehead atoms. The van der Waals surface area contributed by atoms with Crippen LogP contribution in [0.2, 0.25) is 0 Å². The van der Waals surface area contributed by atoms with Gasteiger partial charge in [-0.05, 0) is 25.0 Å². The first-order valence-corrected chi connectivity index (χ1v) is 6.76. The molecule has 1 saturated carbocycles. The minimum atomic E-state index is -0.284. The summed E-state index contributed by atoms with van der Waals surface area (Å²) in [7, 11) is 0. The Labute approximate surface area is 110 Å². The Hall–Kier alpha value is -2.04. The summed E-state index contributed by atoms with van der Waals surface area (Å²) >= 11 is 0. The Kier molecular flexibility index (Phi) is 3.11. The van der Waals surface area contributed by atoms with Crippen molar-refractivity contribution in [2.45, 2.75) is 38.1 Å². The predicted molar refractivity (Wildman–Crippen MR) is 73.3 cm³/mol. The molecule has 1 fully saturated rings. The monoisotopic (exact) mass is 259 g/mol. The smallest absolute Gasteiger partial charge is 0.323 e. The van der Waals surface area contributed by atoms with E-state index in [9.17, 15) is 9.59 Å². The molecule has 0 atom stereocenters. The fourth-order valence-corrected chi connectivity index (χ4v) is 2.76. The van der Waals surface area contributed by atoms with Gasteiger partial charge in [-0.3, -0.25) is 4.79 Å². The number of nitrogens with one attached hydrogen (secondary N) is 3. The zero-order chi connectivity index (χ0) is 13.2. The Morgan fingerprint density at radius 2 is 1.95 bits per heavy atom. The van der Waals surface area contributed by atoms with Crippen molar-refractivity contribution in [3.63, 3.8) is 0 Å². The highest BCUT2D eigenvalue weighted by Crippen LogP contribution is 2.19. The molecule has 0 unspecified atom stereocenters. The quantitative estimate of drug-likeness (QED) is 0.770. The third-order valence-electron chi connectivity index (χ3n) is 3.74. The molecule has 0 spiro atoms. The predicted octanol–water partition coefficient (Wildman–Crippen LogP) is 1.92. The summed E-state index contributed by atoms with van der Waals surface area (Å²) in [5, 5.41) is 3.06. The van der Waals surface area contributed by atoms with Gasteiger partial charge in [0.2, 0.25) is 0 Å². The highest BCUT2D eigenvalue weighted by molar-refractivity contribution is 6.04. The first-order valence-electron chi connectivity index (χ1n) is 6.76. The van der Waals surface area contributed by atoms with E-state index in [2.05, 4.69) is 15.3 Å². The van der Waals surface area contributed by atoms with Crippen LogP contribution in [0.4, 0.5) is 0 Å². The maximum absolute atomic E-state index is 12.3. The molecule has 1 amide bonds. The Morgan fingerprint density at radius 3 is 2.74 bits per heavy atom. The van der Waals surface area contributed by atoms with E-state index in [1.165, 1.54) is 19.3 Å². The molecule has 5 nitrogen and oxygen atoms in total. The molecule has 1 aliphatic carbocycles. The summed E-state index contributed by atoms with van der Waals surface area (Å²) in [6.45, 7) is 0. The lowest BCUT2D eigenvalue weighted by Gasteiger charge is -2.22. The maximum Gasteiger partial charge on any atom is 0.323 e. The number of hydrogen-bond acceptors (Lipinski definition) is 2. The summed E-state index contributed by atoms with van der Waals surface area (Å²) in [4.78, 5) is 28.9. The topological polar surface area (TPSA) is 77.8 Å². The van der Waals surface area contributed by atoms with E-state index < -0.39 is 0 Å². The van der Waals surface area contributed by atoms with Gasteiger partial charge in [0.15, 0.2) is 0 Å². The second-order valence-electron chi connectivity index (χ2n) is 5.12. The number of imidazole rings is 1. The van der Waals surface area contributed by atoms with Crippen molar-refractivity contribution in [2.24, 2.45) is 0 Å². The lowest BCUT2D eigenvalue weighted by Crippen LogP contribution is -2.36. The average Bonchev–Trinajstić information content (AvgIpc) is 2.79. The number of H-pyrrole nitrogens is 2. The standard InChI is InChI=1S/C14H17N3O2/c18-13(15-9-5-2-1-3-6-9)10-7-4-8-11-12(10)17-14(19)16-11/h4,7-9H,1-3,5-6H2,(H,15,18)(H2,16,17,19). The number of hydrogen-bond donors (Lipinski definition) is 3. The van der Waals surface area contributed by atoms with Crippen LogP contribution in [0.25, 0.3) is 11.0 Å². The van der Waals surface area contributed by atoms with Crippen molar-refractivity contribution in [1.82, 2.24) is 15.3 Å². The zero-order valence-electron chi connectivity index (χ0n) is 10.7. The Balaban J connectivity index is 1.86. The van der Waals surface area contributed by atoms with E-state index in [0.29, 0.717) is 16.6 Å². The third kappa shape index (κ3) is 2.41. The molecule has 0 aliphatic heterocycles. The summed E-state index contributed by atoms with van der Waals surface area (Å²) in [5.74, 6) is -0.104. The van der Waals surface area contributed by atoms with Gasteiger partial charge in [0.25, 0.3) is 5.91 Å². The molecule has 1 aromatic heterocycles. The van der Waals surface area contributed by atoms with Crippen LogP contribution < -0.4 is 11.0 Å². The fraction of sp³-hybridized carbons (Fsp3) is 0.429. The van der Waals surface area contributed by atoms with Crippen LogP contribution in [0.5, 0.6) is 0 Å². The van der Waals surface area contributed by atoms with Crippen molar-refractivity contribution in [3.05, 3.63) is 34.2 Å². The van der Waals surface area contributed by atoms with Gasteiger partial charge in [0.05, 0.1) is 16.6 Å². The van der Waals surface area contributed by atoms with Crippen LogP contribution in [-0.2, 0) is 0 Å². The number of benzene rings is 1. The summed E-state index contributed by atoms with van der Waals surface area (Å²) in [6.07, 6.45) is 5.70. The average molecular weight is 259 g/mol. The summed E-state index contributed by atoms with van der Waals surface area (Å²) < 4.78 is 0. The van der Waals surface area contributed by atoms with Gasteiger partial charge in [0.1, 0.15) is 0 Å². The first-order chi connectivity index (χ1) is 9.24. The largest absolute Gasteiger partial charge is 0.349 e. The molecular formula is C14H17N3O2. The van der Waals surface area contributed by atoms with Gasteiger partial charge in [-0.2, -0.15) is 0 Å². The minimum Gasteiger partial charge on any atom is -0.349 e. The summed E-state index contributed by atoms with van der Waals surface area (Å²) in [6, 6.07) is 5.57. The molecule has 3 rings (SSSR count). The van der Waals surface area contributed by atoms with E-state index in [0.717, 1.165) is 12.8 Å². The molecule has 1 heterocycles. The Morgan fingerprint density at radius 1 is 1.16 bits per heavy atom. The van der Waals surface area contributed by atoms with Crippen molar-refractivity contribution >= 4 is 16.9 Å². The number of carbonyl (C=O) groups excluding carboxylic acids is 1. The molecule has 1 aliphatic rings. The molecule has 3 N–H and O–H groups in total. The molecule has 19 heavy (non-hydrogen) atoms. The summed E-state index contributed by atoms with van der Waals surface area (Å²) in [5.41, 5.74) is 1.50. The van der Waals surface area contributed by atoms with Crippen LogP contribution in [0.1, 0.15) is 42.5 Å². The van der Waals surface area contributed by atoms with Crippen LogP contribution in [-0.4, -0.2) is 21.9 Å². The number of carbonyl (C=O) groups is 1. The first kappa shape index (κ1) is 12.0. The van der Waals surface area contributed by atoms with Gasteiger partial charge in [-0.25, -0.2) is 4.79 Å². The molecular weight excluding hydrogens is 242 g/mol. The van der Waals surface area contributed by atoms with Crippen molar-refractivity contribution in [3.8, 4) is 0 Å². The number of para-hydroxylation sites is 1. The van der Waals surface area contributed by atoms with Crippen molar-refractivity contribution in [1.29, 1.82) is 0 Å².